The number of carbonyl (C=O) groups excluding carboxylic acids is 1. The summed E-state index contributed by atoms with van der Waals surface area (Å²) >= 11 is 0. The van der Waals surface area contributed by atoms with E-state index < -0.39 is 6.61 Å². The molecule has 1 amide bonds. The van der Waals surface area contributed by atoms with Gasteiger partial charge in [-0.1, -0.05) is 12.1 Å². The first-order valence-electron chi connectivity index (χ1n) is 8.60. The summed E-state index contributed by atoms with van der Waals surface area (Å²) in [7, 11) is 0. The third-order valence-corrected chi connectivity index (χ3v) is 5.01. The van der Waals surface area contributed by atoms with Crippen molar-refractivity contribution in [3.05, 3.63) is 29.8 Å². The van der Waals surface area contributed by atoms with Gasteiger partial charge in [-0.2, -0.15) is 8.78 Å². The molecule has 0 radical (unpaired) electrons. The SMILES string of the molecule is CC(NC(=O)CC1CC2CCC(C1)N2)c1cccc(OC(F)F)c1.Cl. The van der Waals surface area contributed by atoms with Crippen LogP contribution in [-0.2, 0) is 4.79 Å². The lowest BCUT2D eigenvalue weighted by Crippen LogP contribution is -2.40. The third kappa shape index (κ3) is 5.54. The Bertz CT molecular complexity index is 576. The maximum atomic E-state index is 12.3. The number of alkyl halides is 2. The van der Waals surface area contributed by atoms with Crippen LogP contribution in [0.5, 0.6) is 5.75 Å². The van der Waals surface area contributed by atoms with E-state index in [9.17, 15) is 13.6 Å². The van der Waals surface area contributed by atoms with Crippen molar-refractivity contribution in [3.8, 4) is 5.75 Å². The molecule has 2 aliphatic heterocycles. The van der Waals surface area contributed by atoms with Gasteiger partial charge in [0.25, 0.3) is 0 Å². The van der Waals surface area contributed by atoms with E-state index in [2.05, 4.69) is 15.4 Å². The minimum absolute atomic E-state index is 0. The van der Waals surface area contributed by atoms with E-state index in [-0.39, 0.29) is 30.1 Å². The molecule has 2 saturated heterocycles. The summed E-state index contributed by atoms with van der Waals surface area (Å²) in [5.41, 5.74) is 0.756. The van der Waals surface area contributed by atoms with Crippen LogP contribution >= 0.6 is 12.4 Å². The molecule has 2 aliphatic rings. The van der Waals surface area contributed by atoms with Crippen LogP contribution in [0.4, 0.5) is 8.78 Å². The zero-order valence-corrected chi connectivity index (χ0v) is 15.0. The minimum atomic E-state index is -2.85. The smallest absolute Gasteiger partial charge is 0.387 e. The van der Waals surface area contributed by atoms with Crippen molar-refractivity contribution >= 4 is 18.3 Å². The summed E-state index contributed by atoms with van der Waals surface area (Å²) in [5, 5.41) is 6.55. The Hall–Kier alpha value is -1.40. The standard InChI is InChI=1S/C18H24F2N2O2.ClH/c1-11(13-3-2-4-16(10-13)24-18(19)20)21-17(23)9-12-7-14-5-6-15(8-12)22-14;/h2-4,10-12,14-15,18,22H,5-9H2,1H3,(H,21,23);1H. The van der Waals surface area contributed by atoms with Crippen molar-refractivity contribution in [3.63, 3.8) is 0 Å². The number of hydrogen-bond acceptors (Lipinski definition) is 3. The van der Waals surface area contributed by atoms with E-state index in [1.165, 1.54) is 18.9 Å². The van der Waals surface area contributed by atoms with Crippen molar-refractivity contribution in [2.75, 3.05) is 0 Å². The number of benzene rings is 1. The number of fused-ring (bicyclic) bond motifs is 2. The second-order valence-electron chi connectivity index (χ2n) is 6.92. The maximum absolute atomic E-state index is 12.3. The van der Waals surface area contributed by atoms with Crippen LogP contribution in [0.25, 0.3) is 0 Å². The quantitative estimate of drug-likeness (QED) is 0.796. The lowest BCUT2D eigenvalue weighted by molar-refractivity contribution is -0.122. The van der Waals surface area contributed by atoms with E-state index in [1.54, 1.807) is 18.2 Å². The van der Waals surface area contributed by atoms with Crippen LogP contribution in [0.15, 0.2) is 24.3 Å². The van der Waals surface area contributed by atoms with E-state index in [0.29, 0.717) is 24.4 Å². The molecule has 4 nitrogen and oxygen atoms in total. The van der Waals surface area contributed by atoms with E-state index >= 15 is 0 Å². The number of halogens is 3. The van der Waals surface area contributed by atoms with Crippen LogP contribution < -0.4 is 15.4 Å². The van der Waals surface area contributed by atoms with Crippen molar-refractivity contribution in [1.82, 2.24) is 10.6 Å². The lowest BCUT2D eigenvalue weighted by Gasteiger charge is -2.29. The Balaban J connectivity index is 0.00000225. The molecule has 0 spiro atoms. The van der Waals surface area contributed by atoms with Crippen molar-refractivity contribution in [2.45, 2.75) is 63.8 Å². The molecule has 0 saturated carbocycles. The van der Waals surface area contributed by atoms with Gasteiger partial charge in [0, 0.05) is 18.5 Å². The molecule has 0 aliphatic carbocycles. The van der Waals surface area contributed by atoms with Crippen LogP contribution in [0.3, 0.4) is 0 Å². The average Bonchev–Trinajstić information content (AvgIpc) is 2.85. The van der Waals surface area contributed by atoms with Gasteiger partial charge in [-0.05, 0) is 56.2 Å². The highest BCUT2D eigenvalue weighted by Gasteiger charge is 2.34. The normalized spacial score (nSPS) is 26.0. The van der Waals surface area contributed by atoms with Crippen LogP contribution in [0.2, 0.25) is 0 Å². The lowest BCUT2D eigenvalue weighted by atomic mass is 9.89. The first kappa shape index (κ1) is 19.9. The first-order chi connectivity index (χ1) is 11.5. The highest BCUT2D eigenvalue weighted by Crippen LogP contribution is 2.32. The number of carbonyl (C=O) groups is 1. The average molecular weight is 375 g/mol. The van der Waals surface area contributed by atoms with Gasteiger partial charge in [0.05, 0.1) is 6.04 Å². The fraction of sp³-hybridized carbons (Fsp3) is 0.611. The summed E-state index contributed by atoms with van der Waals surface area (Å²) in [5.74, 6) is 0.567. The van der Waals surface area contributed by atoms with E-state index in [1.807, 2.05) is 6.92 Å². The molecule has 3 rings (SSSR count). The topological polar surface area (TPSA) is 50.4 Å². The van der Waals surface area contributed by atoms with Crippen LogP contribution in [0, 0.1) is 5.92 Å². The van der Waals surface area contributed by atoms with Crippen LogP contribution in [-0.4, -0.2) is 24.6 Å². The van der Waals surface area contributed by atoms with Gasteiger partial charge in [0.1, 0.15) is 5.75 Å². The minimum Gasteiger partial charge on any atom is -0.435 e. The van der Waals surface area contributed by atoms with Crippen molar-refractivity contribution < 1.29 is 18.3 Å². The highest BCUT2D eigenvalue weighted by atomic mass is 35.5. The molecule has 1 aromatic rings. The molecule has 1 aromatic carbocycles. The third-order valence-electron chi connectivity index (χ3n) is 5.01. The molecule has 7 heteroatoms. The fourth-order valence-electron chi connectivity index (χ4n) is 3.95. The molecule has 2 N–H and O–H groups in total. The van der Waals surface area contributed by atoms with E-state index in [0.717, 1.165) is 18.4 Å². The van der Waals surface area contributed by atoms with Gasteiger partial charge in [-0.3, -0.25) is 4.79 Å². The van der Waals surface area contributed by atoms with Crippen molar-refractivity contribution in [2.24, 2.45) is 5.92 Å². The summed E-state index contributed by atoms with van der Waals surface area (Å²) in [6.07, 6.45) is 5.10. The molecule has 2 heterocycles. The summed E-state index contributed by atoms with van der Waals surface area (Å²) in [6.45, 7) is -0.994. The Morgan fingerprint density at radius 2 is 2.00 bits per heavy atom. The molecule has 3 unspecified atom stereocenters. The van der Waals surface area contributed by atoms with Gasteiger partial charge in [-0.25, -0.2) is 0 Å². The van der Waals surface area contributed by atoms with Gasteiger partial charge in [0.15, 0.2) is 0 Å². The zero-order valence-electron chi connectivity index (χ0n) is 14.2. The predicted molar refractivity (Wildman–Crippen MR) is 94.2 cm³/mol. The number of nitrogens with one attached hydrogen (secondary N) is 2. The molecule has 25 heavy (non-hydrogen) atoms. The Morgan fingerprint density at radius 1 is 1.32 bits per heavy atom. The highest BCUT2D eigenvalue weighted by molar-refractivity contribution is 5.85. The number of rotatable bonds is 6. The number of hydrogen-bond donors (Lipinski definition) is 2. The monoisotopic (exact) mass is 374 g/mol. The second-order valence-corrected chi connectivity index (χ2v) is 6.92. The Morgan fingerprint density at radius 3 is 2.64 bits per heavy atom. The summed E-state index contributed by atoms with van der Waals surface area (Å²) < 4.78 is 29.0. The number of ether oxygens (including phenoxy) is 1. The predicted octanol–water partition coefficient (Wildman–Crippen LogP) is 3.81. The Labute approximate surface area is 153 Å². The second kappa shape index (κ2) is 8.81. The van der Waals surface area contributed by atoms with Gasteiger partial charge < -0.3 is 15.4 Å². The molecule has 3 atom stereocenters. The molecule has 0 aromatic heterocycles. The zero-order chi connectivity index (χ0) is 17.1. The molecular formula is C18H25ClF2N2O2. The molecular weight excluding hydrogens is 350 g/mol. The number of piperidine rings is 1. The molecule has 2 bridgehead atoms. The largest absolute Gasteiger partial charge is 0.435 e. The van der Waals surface area contributed by atoms with Crippen molar-refractivity contribution in [1.29, 1.82) is 0 Å². The summed E-state index contributed by atoms with van der Waals surface area (Å²) in [4.78, 5) is 12.3. The van der Waals surface area contributed by atoms with E-state index in [4.69, 9.17) is 0 Å². The first-order valence-corrected chi connectivity index (χ1v) is 8.60. The Kier molecular flexibility index (Phi) is 7.02. The van der Waals surface area contributed by atoms with Gasteiger partial charge >= 0.3 is 6.61 Å². The fourth-order valence-corrected chi connectivity index (χ4v) is 3.95. The number of amides is 1. The molecule has 2 fully saturated rings. The summed E-state index contributed by atoms with van der Waals surface area (Å²) in [6, 6.07) is 7.38. The van der Waals surface area contributed by atoms with Gasteiger partial charge in [0.2, 0.25) is 5.91 Å². The van der Waals surface area contributed by atoms with Gasteiger partial charge in [-0.15, -0.1) is 12.4 Å². The molecule has 140 valence electrons. The maximum Gasteiger partial charge on any atom is 0.387 e. The van der Waals surface area contributed by atoms with Crippen LogP contribution in [0.1, 0.15) is 50.6 Å².